The number of fused-ring (bicyclic) bond motifs is 1. The van der Waals surface area contributed by atoms with E-state index in [0.29, 0.717) is 11.4 Å². The number of aromatic nitrogens is 2. The molecule has 24 heavy (non-hydrogen) atoms. The minimum Gasteiger partial charge on any atom is -0.618 e. The fraction of sp³-hybridized carbons (Fsp3) is 0. The summed E-state index contributed by atoms with van der Waals surface area (Å²) in [5.74, 6) is 0. The summed E-state index contributed by atoms with van der Waals surface area (Å²) >= 11 is 0. The highest BCUT2D eigenvalue weighted by Gasteiger charge is 2.18. The normalized spacial score (nSPS) is 10.8. The summed E-state index contributed by atoms with van der Waals surface area (Å²) in [7, 11) is 0. The van der Waals surface area contributed by atoms with Gasteiger partial charge in [0.2, 0.25) is 11.4 Å². The smallest absolute Gasteiger partial charge is 0.224 e. The zero-order chi connectivity index (χ0) is 16.5. The van der Waals surface area contributed by atoms with E-state index in [0.717, 1.165) is 31.4 Å². The lowest BCUT2D eigenvalue weighted by Gasteiger charge is -2.11. The zero-order valence-corrected chi connectivity index (χ0v) is 12.8. The first kappa shape index (κ1) is 14.2. The van der Waals surface area contributed by atoms with E-state index in [4.69, 9.17) is 0 Å². The monoisotopic (exact) mass is 314 g/mol. The maximum Gasteiger partial charge on any atom is 0.224 e. The molecule has 0 amide bonds. The van der Waals surface area contributed by atoms with Crippen LogP contribution in [0.25, 0.3) is 33.3 Å². The summed E-state index contributed by atoms with van der Waals surface area (Å²) in [6.45, 7) is 0. The van der Waals surface area contributed by atoms with Crippen LogP contribution in [0.1, 0.15) is 0 Å². The molecule has 0 saturated carbocycles. The van der Waals surface area contributed by atoms with Crippen molar-refractivity contribution in [3.63, 3.8) is 0 Å². The molecule has 4 rings (SSSR count). The molecule has 0 aliphatic heterocycles. The highest BCUT2D eigenvalue weighted by atomic mass is 16.5. The van der Waals surface area contributed by atoms with Crippen LogP contribution in [-0.2, 0) is 0 Å². The maximum absolute atomic E-state index is 12.2. The predicted octanol–water partition coefficient (Wildman–Crippen LogP) is 3.44. The number of nitrogens with zero attached hydrogens (tertiary/aromatic N) is 2. The quantitative estimate of drug-likeness (QED) is 0.420. The molecule has 0 N–H and O–H groups in total. The Kier molecular flexibility index (Phi) is 3.35. The van der Waals surface area contributed by atoms with Crippen LogP contribution in [0, 0.1) is 10.4 Å². The van der Waals surface area contributed by atoms with E-state index in [1.165, 1.54) is 12.4 Å². The molecule has 0 unspecified atom stereocenters. The molecule has 116 valence electrons. The Hall–Kier alpha value is -3.40. The molecule has 0 atom stereocenters. The van der Waals surface area contributed by atoms with Crippen LogP contribution in [0.4, 0.5) is 0 Å². The summed E-state index contributed by atoms with van der Waals surface area (Å²) in [4.78, 5) is 0. The number of pyridine rings is 2. The van der Waals surface area contributed by atoms with Gasteiger partial charge in [0.1, 0.15) is 0 Å². The van der Waals surface area contributed by atoms with Crippen molar-refractivity contribution < 1.29 is 9.46 Å². The highest BCUT2D eigenvalue weighted by molar-refractivity contribution is 6.04. The molecule has 0 radical (unpaired) electrons. The van der Waals surface area contributed by atoms with Gasteiger partial charge in [-0.15, -0.1) is 0 Å². The van der Waals surface area contributed by atoms with Crippen LogP contribution in [0.15, 0.2) is 85.2 Å². The van der Waals surface area contributed by atoms with E-state index in [1.54, 1.807) is 24.3 Å². The Balaban J connectivity index is 2.11. The summed E-state index contributed by atoms with van der Waals surface area (Å²) in [5.41, 5.74) is 2.73. The molecule has 2 aromatic carbocycles. The Morgan fingerprint density at radius 3 is 1.50 bits per heavy atom. The molecule has 4 nitrogen and oxygen atoms in total. The van der Waals surface area contributed by atoms with Gasteiger partial charge in [-0.1, -0.05) is 24.3 Å². The molecule has 0 aliphatic rings. The molecule has 2 aromatic heterocycles. The van der Waals surface area contributed by atoms with Crippen LogP contribution in [0.3, 0.4) is 0 Å². The lowest BCUT2D eigenvalue weighted by Crippen LogP contribution is -2.29. The number of rotatable bonds is 2. The molecule has 4 heteroatoms. The Morgan fingerprint density at radius 1 is 0.542 bits per heavy atom. The Labute approximate surface area is 139 Å². The van der Waals surface area contributed by atoms with Gasteiger partial charge in [0.25, 0.3) is 0 Å². The molecule has 0 saturated heterocycles. The standard InChI is InChI=1S/C20H14N2O2/c23-21-13-3-1-11-18(21)16-9-5-7-15-8-6-10-17(20(15)16)19-12-2-4-14-22(19)24/h1-14H. The van der Waals surface area contributed by atoms with Crippen molar-refractivity contribution in [2.24, 2.45) is 0 Å². The van der Waals surface area contributed by atoms with Gasteiger partial charge in [0.05, 0.1) is 11.1 Å². The van der Waals surface area contributed by atoms with E-state index in [1.807, 2.05) is 48.5 Å². The van der Waals surface area contributed by atoms with Gasteiger partial charge in [0.15, 0.2) is 12.4 Å². The van der Waals surface area contributed by atoms with Crippen molar-refractivity contribution in [1.82, 2.24) is 0 Å². The number of hydrogen-bond acceptors (Lipinski definition) is 2. The van der Waals surface area contributed by atoms with Gasteiger partial charge in [-0.05, 0) is 29.7 Å². The van der Waals surface area contributed by atoms with Crippen molar-refractivity contribution in [1.29, 1.82) is 0 Å². The van der Waals surface area contributed by atoms with Gasteiger partial charge in [-0.2, -0.15) is 9.46 Å². The molecule has 0 aliphatic carbocycles. The first-order valence-corrected chi connectivity index (χ1v) is 7.64. The first-order chi connectivity index (χ1) is 11.8. The predicted molar refractivity (Wildman–Crippen MR) is 92.7 cm³/mol. The molecule has 0 fully saturated rings. The van der Waals surface area contributed by atoms with Crippen LogP contribution >= 0.6 is 0 Å². The van der Waals surface area contributed by atoms with Gasteiger partial charge in [0, 0.05) is 29.7 Å². The lowest BCUT2D eigenvalue weighted by molar-refractivity contribution is -0.593. The fourth-order valence-electron chi connectivity index (χ4n) is 3.04. The van der Waals surface area contributed by atoms with Crippen LogP contribution in [0.2, 0.25) is 0 Å². The first-order valence-electron chi connectivity index (χ1n) is 7.64. The third-order valence-corrected chi connectivity index (χ3v) is 4.10. The highest BCUT2D eigenvalue weighted by Crippen LogP contribution is 2.34. The van der Waals surface area contributed by atoms with Crippen molar-refractivity contribution in [2.75, 3.05) is 0 Å². The minimum absolute atomic E-state index is 0.559. The number of benzene rings is 2. The van der Waals surface area contributed by atoms with Gasteiger partial charge >= 0.3 is 0 Å². The minimum atomic E-state index is 0.559. The molecule has 0 spiro atoms. The average molecular weight is 314 g/mol. The number of hydrogen-bond donors (Lipinski definition) is 0. The van der Waals surface area contributed by atoms with Crippen molar-refractivity contribution in [3.05, 3.63) is 95.6 Å². The molecular weight excluding hydrogens is 300 g/mol. The second-order valence-electron chi connectivity index (χ2n) is 5.53. The average Bonchev–Trinajstić information content (AvgIpc) is 2.62. The topological polar surface area (TPSA) is 53.9 Å². The van der Waals surface area contributed by atoms with Crippen LogP contribution in [0.5, 0.6) is 0 Å². The van der Waals surface area contributed by atoms with E-state index in [2.05, 4.69) is 0 Å². The third kappa shape index (κ3) is 2.25. The van der Waals surface area contributed by atoms with E-state index >= 15 is 0 Å². The second kappa shape index (κ2) is 5.66. The Bertz CT molecular complexity index is 964. The van der Waals surface area contributed by atoms with Crippen molar-refractivity contribution >= 4 is 10.8 Å². The van der Waals surface area contributed by atoms with E-state index in [9.17, 15) is 10.4 Å². The van der Waals surface area contributed by atoms with Gasteiger partial charge in [-0.3, -0.25) is 0 Å². The van der Waals surface area contributed by atoms with Crippen LogP contribution < -0.4 is 9.46 Å². The summed E-state index contributed by atoms with van der Waals surface area (Å²) in [5, 5.41) is 26.3. The van der Waals surface area contributed by atoms with E-state index < -0.39 is 0 Å². The summed E-state index contributed by atoms with van der Waals surface area (Å²) in [6.07, 6.45) is 2.96. The second-order valence-corrected chi connectivity index (χ2v) is 5.53. The van der Waals surface area contributed by atoms with Crippen LogP contribution in [-0.4, -0.2) is 0 Å². The largest absolute Gasteiger partial charge is 0.618 e. The third-order valence-electron chi connectivity index (χ3n) is 4.10. The van der Waals surface area contributed by atoms with Gasteiger partial charge < -0.3 is 10.4 Å². The molecular formula is C20H14N2O2. The fourth-order valence-corrected chi connectivity index (χ4v) is 3.04. The molecule has 0 bridgehead atoms. The summed E-state index contributed by atoms with van der Waals surface area (Å²) < 4.78 is 1.70. The maximum atomic E-state index is 12.2. The zero-order valence-electron chi connectivity index (χ0n) is 12.8. The van der Waals surface area contributed by atoms with Gasteiger partial charge in [-0.25, -0.2) is 0 Å². The van der Waals surface area contributed by atoms with E-state index in [-0.39, 0.29) is 0 Å². The molecule has 2 heterocycles. The van der Waals surface area contributed by atoms with Crippen molar-refractivity contribution in [3.8, 4) is 22.5 Å². The Morgan fingerprint density at radius 2 is 1.04 bits per heavy atom. The van der Waals surface area contributed by atoms with Crippen molar-refractivity contribution in [2.45, 2.75) is 0 Å². The molecule has 4 aromatic rings. The summed E-state index contributed by atoms with van der Waals surface area (Å²) in [6, 6.07) is 22.3. The lowest BCUT2D eigenvalue weighted by atomic mass is 9.95. The SMILES string of the molecule is [O-][n+]1ccccc1-c1cccc2cccc(-c3cccc[n+]3[O-])c12.